The Morgan fingerprint density at radius 3 is 2.00 bits per heavy atom. The molecule has 0 aliphatic rings. The van der Waals surface area contributed by atoms with Gasteiger partial charge in [0.15, 0.2) is 0 Å². The van der Waals surface area contributed by atoms with Crippen molar-refractivity contribution in [3.8, 4) is 0 Å². The van der Waals surface area contributed by atoms with E-state index in [0.29, 0.717) is 0 Å². The van der Waals surface area contributed by atoms with Crippen LogP contribution in [0.4, 0.5) is 0 Å². The number of nitrogens with zero attached hydrogens (tertiary/aromatic N) is 1. The highest BCUT2D eigenvalue weighted by Gasteiger charge is 1.83. The van der Waals surface area contributed by atoms with E-state index in [1.54, 1.807) is 0 Å². The van der Waals surface area contributed by atoms with Crippen LogP contribution in [0.15, 0.2) is 12.7 Å². The Labute approximate surface area is 59.4 Å². The van der Waals surface area contributed by atoms with Gasteiger partial charge in [-0.3, -0.25) is 0 Å². The lowest BCUT2D eigenvalue weighted by Crippen LogP contribution is -2.16. The lowest BCUT2D eigenvalue weighted by molar-refractivity contribution is 0.392. The lowest BCUT2D eigenvalue weighted by atomic mass is 10.5. The van der Waals surface area contributed by atoms with Crippen LogP contribution in [0.1, 0.15) is 20.8 Å². The molecular weight excluding hydrogens is 110 g/mol. The minimum atomic E-state index is 0.997. The lowest BCUT2D eigenvalue weighted by Gasteiger charge is -2.08. The summed E-state index contributed by atoms with van der Waals surface area (Å²) in [6, 6.07) is 0. The quantitative estimate of drug-likeness (QED) is 0.528. The highest BCUT2D eigenvalue weighted by atomic mass is 15.1. The molecule has 1 heteroatoms. The summed E-state index contributed by atoms with van der Waals surface area (Å²) in [5, 5.41) is 0. The summed E-state index contributed by atoms with van der Waals surface area (Å²) in [4.78, 5) is 2.19. The van der Waals surface area contributed by atoms with E-state index in [1.807, 2.05) is 19.9 Å². The molecule has 0 N–H and O–H groups in total. The molecule has 0 aromatic carbocycles. The van der Waals surface area contributed by atoms with Crippen LogP contribution >= 0.6 is 0 Å². The van der Waals surface area contributed by atoms with Crippen LogP contribution in [0.5, 0.6) is 0 Å². The van der Waals surface area contributed by atoms with Gasteiger partial charge in [0.1, 0.15) is 0 Å². The summed E-state index contributed by atoms with van der Waals surface area (Å²) in [6.45, 7) is 11.8. The molecule has 0 heterocycles. The molecule has 0 aromatic rings. The molecule has 0 saturated heterocycles. The van der Waals surface area contributed by atoms with Gasteiger partial charge in [0.05, 0.1) is 0 Å². The van der Waals surface area contributed by atoms with E-state index in [0.717, 1.165) is 13.1 Å². The molecule has 9 heavy (non-hydrogen) atoms. The van der Waals surface area contributed by atoms with Crippen LogP contribution in [0.3, 0.4) is 0 Å². The number of hydrogen-bond donors (Lipinski definition) is 0. The van der Waals surface area contributed by atoms with Crippen LogP contribution < -0.4 is 0 Å². The fraction of sp³-hybridized carbons (Fsp3) is 0.750. The highest BCUT2D eigenvalue weighted by molar-refractivity contribution is 4.69. The fourth-order valence-corrected chi connectivity index (χ4v) is 0.349. The molecule has 0 spiro atoms. The number of rotatable bonds is 3. The van der Waals surface area contributed by atoms with Crippen LogP contribution in [0.2, 0.25) is 0 Å². The molecule has 0 aromatic heterocycles. The van der Waals surface area contributed by atoms with Gasteiger partial charge in [-0.2, -0.15) is 0 Å². The maximum atomic E-state index is 3.61. The Kier molecular flexibility index (Phi) is 13.6. The smallest absolute Gasteiger partial charge is 0.0157 e. The molecule has 0 atom stereocenters. The van der Waals surface area contributed by atoms with Gasteiger partial charge >= 0.3 is 0 Å². The van der Waals surface area contributed by atoms with Gasteiger partial charge in [0, 0.05) is 6.54 Å². The Bertz CT molecular complexity index is 50.5. The first kappa shape index (κ1) is 11.5. The Balaban J connectivity index is 0. The normalized spacial score (nSPS) is 8.11. The highest BCUT2D eigenvalue weighted by Crippen LogP contribution is 1.77. The van der Waals surface area contributed by atoms with E-state index in [-0.39, 0.29) is 0 Å². The zero-order valence-electron chi connectivity index (χ0n) is 7.15. The molecule has 0 aliphatic carbocycles. The number of hydrogen-bond acceptors (Lipinski definition) is 1. The monoisotopic (exact) mass is 129 g/mol. The SMILES string of the molecule is C=CCN(C)CC.CC. The van der Waals surface area contributed by atoms with Gasteiger partial charge in [-0.05, 0) is 13.6 Å². The van der Waals surface area contributed by atoms with Crippen LogP contribution in [0, 0.1) is 0 Å². The molecule has 56 valence electrons. The second-order valence-corrected chi connectivity index (χ2v) is 1.64. The van der Waals surface area contributed by atoms with Crippen molar-refractivity contribution < 1.29 is 0 Å². The summed E-state index contributed by atoms with van der Waals surface area (Å²) in [6.07, 6.45) is 1.91. The largest absolute Gasteiger partial charge is 0.303 e. The maximum Gasteiger partial charge on any atom is 0.0157 e. The van der Waals surface area contributed by atoms with Crippen LogP contribution in [-0.2, 0) is 0 Å². The fourth-order valence-electron chi connectivity index (χ4n) is 0.349. The Morgan fingerprint density at radius 1 is 1.44 bits per heavy atom. The van der Waals surface area contributed by atoms with E-state index in [4.69, 9.17) is 0 Å². The molecule has 0 aliphatic heterocycles. The molecule has 0 fully saturated rings. The van der Waals surface area contributed by atoms with E-state index < -0.39 is 0 Å². The average Bonchev–Trinajstić information content (AvgIpc) is 1.93. The summed E-state index contributed by atoms with van der Waals surface area (Å²) in [5.41, 5.74) is 0. The van der Waals surface area contributed by atoms with Gasteiger partial charge in [0.2, 0.25) is 0 Å². The summed E-state index contributed by atoms with van der Waals surface area (Å²) in [5.74, 6) is 0. The van der Waals surface area contributed by atoms with Crippen molar-refractivity contribution in [3.05, 3.63) is 12.7 Å². The van der Waals surface area contributed by atoms with Crippen molar-refractivity contribution in [1.29, 1.82) is 0 Å². The van der Waals surface area contributed by atoms with Gasteiger partial charge in [-0.1, -0.05) is 26.8 Å². The van der Waals surface area contributed by atoms with Crippen molar-refractivity contribution in [2.45, 2.75) is 20.8 Å². The molecule has 0 saturated carbocycles. The Morgan fingerprint density at radius 2 is 1.89 bits per heavy atom. The standard InChI is InChI=1S/C6H13N.C2H6/c1-4-6-7(3)5-2;1-2/h4H,1,5-6H2,2-3H3;1-2H3. The first-order valence-corrected chi connectivity index (χ1v) is 3.60. The topological polar surface area (TPSA) is 3.24 Å². The van der Waals surface area contributed by atoms with Crippen LogP contribution in [-0.4, -0.2) is 25.0 Å². The Hall–Kier alpha value is -0.300. The molecule has 1 nitrogen and oxygen atoms in total. The van der Waals surface area contributed by atoms with E-state index in [2.05, 4.69) is 25.5 Å². The van der Waals surface area contributed by atoms with Gasteiger partial charge in [-0.15, -0.1) is 6.58 Å². The molecule has 0 unspecified atom stereocenters. The van der Waals surface area contributed by atoms with E-state index in [1.165, 1.54) is 0 Å². The van der Waals surface area contributed by atoms with Gasteiger partial charge in [-0.25, -0.2) is 0 Å². The van der Waals surface area contributed by atoms with E-state index in [9.17, 15) is 0 Å². The maximum absolute atomic E-state index is 3.61. The minimum Gasteiger partial charge on any atom is -0.303 e. The predicted octanol–water partition coefficient (Wildman–Crippen LogP) is 2.15. The second-order valence-electron chi connectivity index (χ2n) is 1.64. The van der Waals surface area contributed by atoms with Crippen molar-refractivity contribution >= 4 is 0 Å². The molecular formula is C8H19N. The summed E-state index contributed by atoms with van der Waals surface area (Å²) >= 11 is 0. The average molecular weight is 129 g/mol. The molecule has 0 amide bonds. The second kappa shape index (κ2) is 10.6. The van der Waals surface area contributed by atoms with Crippen molar-refractivity contribution in [2.24, 2.45) is 0 Å². The van der Waals surface area contributed by atoms with Crippen LogP contribution in [0.25, 0.3) is 0 Å². The first-order valence-electron chi connectivity index (χ1n) is 3.60. The zero-order chi connectivity index (χ0) is 7.70. The van der Waals surface area contributed by atoms with Gasteiger partial charge in [0.25, 0.3) is 0 Å². The third-order valence-corrected chi connectivity index (χ3v) is 0.981. The number of likely N-dealkylation sites (N-methyl/N-ethyl adjacent to an activating group) is 1. The predicted molar refractivity (Wildman–Crippen MR) is 44.7 cm³/mol. The molecule has 0 bridgehead atoms. The van der Waals surface area contributed by atoms with Gasteiger partial charge < -0.3 is 4.90 Å². The van der Waals surface area contributed by atoms with Crippen molar-refractivity contribution in [3.63, 3.8) is 0 Å². The van der Waals surface area contributed by atoms with Crippen molar-refractivity contribution in [1.82, 2.24) is 4.90 Å². The molecule has 0 rings (SSSR count). The third kappa shape index (κ3) is 11.3. The molecule has 0 radical (unpaired) electrons. The van der Waals surface area contributed by atoms with E-state index >= 15 is 0 Å². The zero-order valence-corrected chi connectivity index (χ0v) is 7.15. The first-order chi connectivity index (χ1) is 4.31. The summed E-state index contributed by atoms with van der Waals surface area (Å²) < 4.78 is 0. The van der Waals surface area contributed by atoms with Crippen molar-refractivity contribution in [2.75, 3.05) is 20.1 Å². The summed E-state index contributed by atoms with van der Waals surface area (Å²) in [7, 11) is 2.07. The third-order valence-electron chi connectivity index (χ3n) is 0.981. The minimum absolute atomic E-state index is 0.997.